The van der Waals surface area contributed by atoms with Crippen LogP contribution in [0.3, 0.4) is 0 Å². The van der Waals surface area contributed by atoms with E-state index in [1.807, 2.05) is 0 Å². The molecule has 0 saturated carbocycles. The summed E-state index contributed by atoms with van der Waals surface area (Å²) in [7, 11) is 0. The Balaban J connectivity index is 0.00000529. The van der Waals surface area contributed by atoms with Gasteiger partial charge in [0.25, 0.3) is 0 Å². The number of hydrogen-bond acceptors (Lipinski definition) is 4. The van der Waals surface area contributed by atoms with Gasteiger partial charge in [-0.1, -0.05) is 13.8 Å². The Bertz CT molecular complexity index is 311. The van der Waals surface area contributed by atoms with Gasteiger partial charge in [-0.2, -0.15) is 0 Å². The van der Waals surface area contributed by atoms with Crippen LogP contribution in [-0.2, 0) is 9.47 Å². The van der Waals surface area contributed by atoms with E-state index in [9.17, 15) is 0 Å². The third-order valence-electron chi connectivity index (χ3n) is 3.73. The predicted molar refractivity (Wildman–Crippen MR) is 112 cm³/mol. The summed E-state index contributed by atoms with van der Waals surface area (Å²) in [5, 5.41) is 6.61. The lowest BCUT2D eigenvalue weighted by Gasteiger charge is -2.26. The quantitative estimate of drug-likeness (QED) is 0.216. The van der Waals surface area contributed by atoms with E-state index in [4.69, 9.17) is 9.47 Å². The van der Waals surface area contributed by atoms with Crippen molar-refractivity contribution in [2.75, 3.05) is 65.7 Å². The molecule has 1 fully saturated rings. The monoisotopic (exact) mass is 456 g/mol. The SMILES string of the molecule is CCNC(=NCCCN1CCOCC1)NCCOCCC(C)C.I. The summed E-state index contributed by atoms with van der Waals surface area (Å²) in [6, 6.07) is 0. The van der Waals surface area contributed by atoms with Gasteiger partial charge in [0, 0.05) is 45.9 Å². The van der Waals surface area contributed by atoms with E-state index < -0.39 is 0 Å². The first-order valence-corrected chi connectivity index (χ1v) is 9.12. The minimum absolute atomic E-state index is 0. The molecule has 24 heavy (non-hydrogen) atoms. The molecule has 144 valence electrons. The molecule has 7 heteroatoms. The van der Waals surface area contributed by atoms with E-state index in [0.717, 1.165) is 84.5 Å². The number of ether oxygens (including phenoxy) is 2. The van der Waals surface area contributed by atoms with Crippen molar-refractivity contribution in [3.05, 3.63) is 0 Å². The average molecular weight is 456 g/mol. The smallest absolute Gasteiger partial charge is 0.191 e. The van der Waals surface area contributed by atoms with Crippen molar-refractivity contribution < 1.29 is 9.47 Å². The van der Waals surface area contributed by atoms with Gasteiger partial charge in [-0.15, -0.1) is 24.0 Å². The number of nitrogens with zero attached hydrogens (tertiary/aromatic N) is 2. The van der Waals surface area contributed by atoms with Crippen molar-refractivity contribution >= 4 is 29.9 Å². The normalized spacial score (nSPS) is 16.1. The van der Waals surface area contributed by atoms with Gasteiger partial charge >= 0.3 is 0 Å². The van der Waals surface area contributed by atoms with Gasteiger partial charge in [0.15, 0.2) is 5.96 Å². The van der Waals surface area contributed by atoms with Crippen molar-refractivity contribution in [3.63, 3.8) is 0 Å². The molecule has 0 unspecified atom stereocenters. The number of aliphatic imine (C=N–C) groups is 1. The lowest BCUT2D eigenvalue weighted by molar-refractivity contribution is 0.0377. The molecule has 6 nitrogen and oxygen atoms in total. The van der Waals surface area contributed by atoms with Gasteiger partial charge in [-0.25, -0.2) is 0 Å². The number of hydrogen-bond donors (Lipinski definition) is 2. The summed E-state index contributed by atoms with van der Waals surface area (Å²) in [6.45, 7) is 15.5. The third-order valence-corrected chi connectivity index (χ3v) is 3.73. The topological polar surface area (TPSA) is 58.1 Å². The highest BCUT2D eigenvalue weighted by atomic mass is 127. The van der Waals surface area contributed by atoms with Gasteiger partial charge in [-0.3, -0.25) is 9.89 Å². The Kier molecular flexibility index (Phi) is 16.3. The Labute approximate surface area is 165 Å². The fourth-order valence-electron chi connectivity index (χ4n) is 2.31. The Hall–Kier alpha value is -0.120. The second-order valence-electron chi connectivity index (χ2n) is 6.29. The summed E-state index contributed by atoms with van der Waals surface area (Å²) in [5.41, 5.74) is 0. The van der Waals surface area contributed by atoms with E-state index >= 15 is 0 Å². The molecule has 0 atom stereocenters. The summed E-state index contributed by atoms with van der Waals surface area (Å²) in [5.74, 6) is 1.59. The van der Waals surface area contributed by atoms with Gasteiger partial charge in [-0.05, 0) is 25.7 Å². The maximum absolute atomic E-state index is 5.61. The fourth-order valence-corrected chi connectivity index (χ4v) is 2.31. The lowest BCUT2D eigenvalue weighted by Crippen LogP contribution is -2.39. The maximum atomic E-state index is 5.61. The molecule has 0 aromatic rings. The number of halogens is 1. The van der Waals surface area contributed by atoms with Gasteiger partial charge in [0.05, 0.1) is 19.8 Å². The number of guanidine groups is 1. The Morgan fingerprint density at radius 3 is 2.62 bits per heavy atom. The molecule has 0 bridgehead atoms. The highest BCUT2D eigenvalue weighted by Gasteiger charge is 2.08. The van der Waals surface area contributed by atoms with Crippen LogP contribution < -0.4 is 10.6 Å². The zero-order chi connectivity index (χ0) is 16.8. The van der Waals surface area contributed by atoms with E-state index in [2.05, 4.69) is 41.3 Å². The number of rotatable bonds is 11. The first-order valence-electron chi connectivity index (χ1n) is 9.12. The average Bonchev–Trinajstić information content (AvgIpc) is 2.55. The first-order chi connectivity index (χ1) is 11.2. The van der Waals surface area contributed by atoms with E-state index in [0.29, 0.717) is 5.92 Å². The van der Waals surface area contributed by atoms with E-state index in [1.54, 1.807) is 0 Å². The van der Waals surface area contributed by atoms with Crippen LogP contribution in [0.15, 0.2) is 4.99 Å². The fraction of sp³-hybridized carbons (Fsp3) is 0.941. The van der Waals surface area contributed by atoms with Crippen LogP contribution in [0.4, 0.5) is 0 Å². The largest absolute Gasteiger partial charge is 0.380 e. The molecule has 1 heterocycles. The van der Waals surface area contributed by atoms with Crippen LogP contribution in [0.5, 0.6) is 0 Å². The molecule has 0 aliphatic carbocycles. The number of nitrogens with one attached hydrogen (secondary N) is 2. The molecular weight excluding hydrogens is 419 g/mol. The van der Waals surface area contributed by atoms with Crippen LogP contribution in [0.2, 0.25) is 0 Å². The van der Waals surface area contributed by atoms with Crippen molar-refractivity contribution in [2.45, 2.75) is 33.6 Å². The maximum Gasteiger partial charge on any atom is 0.191 e. The van der Waals surface area contributed by atoms with Crippen molar-refractivity contribution in [1.29, 1.82) is 0 Å². The van der Waals surface area contributed by atoms with Crippen molar-refractivity contribution in [3.8, 4) is 0 Å². The van der Waals surface area contributed by atoms with Gasteiger partial charge in [0.1, 0.15) is 0 Å². The van der Waals surface area contributed by atoms with Crippen molar-refractivity contribution in [1.82, 2.24) is 15.5 Å². The summed E-state index contributed by atoms with van der Waals surface area (Å²) in [6.07, 6.45) is 2.21. The summed E-state index contributed by atoms with van der Waals surface area (Å²) >= 11 is 0. The molecular formula is C17H37IN4O2. The summed E-state index contributed by atoms with van der Waals surface area (Å²) in [4.78, 5) is 7.07. The van der Waals surface area contributed by atoms with Crippen molar-refractivity contribution in [2.24, 2.45) is 10.9 Å². The third kappa shape index (κ3) is 13.2. The van der Waals surface area contributed by atoms with Gasteiger partial charge < -0.3 is 20.1 Å². The van der Waals surface area contributed by atoms with Crippen LogP contribution in [0.25, 0.3) is 0 Å². The minimum atomic E-state index is 0. The zero-order valence-corrected chi connectivity index (χ0v) is 18.0. The molecule has 1 aliphatic rings. The zero-order valence-electron chi connectivity index (χ0n) is 15.7. The Morgan fingerprint density at radius 1 is 1.21 bits per heavy atom. The second kappa shape index (κ2) is 16.4. The highest BCUT2D eigenvalue weighted by Crippen LogP contribution is 1.99. The molecule has 1 rings (SSSR count). The first kappa shape index (κ1) is 23.9. The Morgan fingerprint density at radius 2 is 1.96 bits per heavy atom. The molecule has 1 aliphatic heterocycles. The second-order valence-corrected chi connectivity index (χ2v) is 6.29. The lowest BCUT2D eigenvalue weighted by atomic mass is 10.1. The summed E-state index contributed by atoms with van der Waals surface area (Å²) < 4.78 is 11.0. The van der Waals surface area contributed by atoms with Crippen LogP contribution in [0.1, 0.15) is 33.6 Å². The van der Waals surface area contributed by atoms with Crippen LogP contribution >= 0.6 is 24.0 Å². The highest BCUT2D eigenvalue weighted by molar-refractivity contribution is 14.0. The molecule has 2 N–H and O–H groups in total. The van der Waals surface area contributed by atoms with E-state index in [1.165, 1.54) is 0 Å². The molecule has 0 spiro atoms. The van der Waals surface area contributed by atoms with Gasteiger partial charge in [0.2, 0.25) is 0 Å². The molecule has 0 radical (unpaired) electrons. The molecule has 0 amide bonds. The standard InChI is InChI=1S/C17H36N4O2.HI/c1-4-18-17(20-8-13-22-12-6-16(2)3)19-7-5-9-21-10-14-23-15-11-21;/h16H,4-15H2,1-3H3,(H2,18,19,20);1H. The van der Waals surface area contributed by atoms with E-state index in [-0.39, 0.29) is 24.0 Å². The van der Waals surface area contributed by atoms with Crippen LogP contribution in [-0.4, -0.2) is 76.6 Å². The molecule has 0 aromatic heterocycles. The molecule has 1 saturated heterocycles. The molecule has 0 aromatic carbocycles. The minimum Gasteiger partial charge on any atom is -0.380 e. The van der Waals surface area contributed by atoms with Crippen LogP contribution in [0, 0.1) is 5.92 Å². The number of morpholine rings is 1. The predicted octanol–water partition coefficient (Wildman–Crippen LogP) is 1.94.